The van der Waals surface area contributed by atoms with Gasteiger partial charge >= 0.3 is 0 Å². The van der Waals surface area contributed by atoms with Crippen molar-refractivity contribution in [3.8, 4) is 11.5 Å². The normalized spacial score (nSPS) is 16.2. The lowest BCUT2D eigenvalue weighted by Crippen LogP contribution is -2.32. The summed E-state index contributed by atoms with van der Waals surface area (Å²) in [5.74, 6) is -0.228. The molecule has 148 valence electrons. The number of hydrogen-bond donors (Lipinski definition) is 1. The number of carbonyl (C=O) groups excluding carboxylic acids is 2. The van der Waals surface area contributed by atoms with Crippen molar-refractivity contribution in [3.63, 3.8) is 0 Å². The second-order valence-corrected chi connectivity index (χ2v) is 6.81. The van der Waals surface area contributed by atoms with Crippen LogP contribution in [-0.4, -0.2) is 32.6 Å². The maximum Gasteiger partial charge on any atom is 0.227 e. The van der Waals surface area contributed by atoms with Crippen molar-refractivity contribution in [3.05, 3.63) is 52.8 Å². The minimum Gasteiger partial charge on any atom is -0.497 e. The molecule has 0 aromatic heterocycles. The quantitative estimate of drug-likeness (QED) is 0.800. The molecule has 2 amide bonds. The maximum absolute atomic E-state index is 13.3. The van der Waals surface area contributed by atoms with Gasteiger partial charge in [-0.25, -0.2) is 4.39 Å². The Balaban J connectivity index is 1.66. The van der Waals surface area contributed by atoms with Gasteiger partial charge in [0.2, 0.25) is 11.8 Å². The van der Waals surface area contributed by atoms with Crippen LogP contribution in [0, 0.1) is 11.7 Å². The maximum atomic E-state index is 13.3. The molecular weight excluding hydrogens is 387 g/mol. The number of ether oxygens (including phenoxy) is 2. The molecule has 1 heterocycles. The lowest BCUT2D eigenvalue weighted by molar-refractivity contribution is -0.126. The van der Waals surface area contributed by atoms with Crippen LogP contribution in [0.15, 0.2) is 36.4 Å². The summed E-state index contributed by atoms with van der Waals surface area (Å²) < 4.78 is 23.8. The molecule has 0 radical (unpaired) electrons. The van der Waals surface area contributed by atoms with Gasteiger partial charge in [-0.15, -0.1) is 0 Å². The molecule has 2 aromatic rings. The van der Waals surface area contributed by atoms with Gasteiger partial charge < -0.3 is 19.7 Å². The molecule has 1 saturated heterocycles. The Kier molecular flexibility index (Phi) is 6.04. The smallest absolute Gasteiger partial charge is 0.227 e. The number of anilines is 1. The second-order valence-electron chi connectivity index (χ2n) is 6.40. The van der Waals surface area contributed by atoms with Gasteiger partial charge in [-0.2, -0.15) is 0 Å². The van der Waals surface area contributed by atoms with Gasteiger partial charge in [0.05, 0.1) is 25.2 Å². The van der Waals surface area contributed by atoms with Crippen molar-refractivity contribution in [2.45, 2.75) is 13.0 Å². The fraction of sp³-hybridized carbons (Fsp3) is 0.300. The van der Waals surface area contributed by atoms with Crippen molar-refractivity contribution >= 4 is 29.1 Å². The third kappa shape index (κ3) is 4.20. The number of rotatable bonds is 6. The monoisotopic (exact) mass is 406 g/mol. The van der Waals surface area contributed by atoms with E-state index in [0.717, 1.165) is 5.56 Å². The predicted octanol–water partition coefficient (Wildman–Crippen LogP) is 3.17. The highest BCUT2D eigenvalue weighted by Gasteiger charge is 2.35. The lowest BCUT2D eigenvalue weighted by Gasteiger charge is -2.17. The van der Waals surface area contributed by atoms with Crippen LogP contribution in [0.25, 0.3) is 0 Å². The van der Waals surface area contributed by atoms with Crippen molar-refractivity contribution < 1.29 is 23.5 Å². The molecule has 1 aliphatic heterocycles. The molecular formula is C20H20ClFN2O4. The van der Waals surface area contributed by atoms with E-state index in [1.54, 1.807) is 32.4 Å². The first-order valence-electron chi connectivity index (χ1n) is 8.67. The molecule has 28 heavy (non-hydrogen) atoms. The van der Waals surface area contributed by atoms with Gasteiger partial charge in [-0.1, -0.05) is 11.6 Å². The van der Waals surface area contributed by atoms with E-state index in [-0.39, 0.29) is 36.3 Å². The zero-order valence-corrected chi connectivity index (χ0v) is 16.3. The highest BCUT2D eigenvalue weighted by Crippen LogP contribution is 2.29. The van der Waals surface area contributed by atoms with Gasteiger partial charge in [0, 0.05) is 30.8 Å². The van der Waals surface area contributed by atoms with Gasteiger partial charge in [-0.05, 0) is 36.4 Å². The SMILES string of the molecule is COc1ccc(OC)c(CNC(=O)C2CC(=O)N(c3ccc(F)c(Cl)c3)C2)c1. The summed E-state index contributed by atoms with van der Waals surface area (Å²) in [5.41, 5.74) is 1.24. The van der Waals surface area contributed by atoms with Crippen LogP contribution in [0.5, 0.6) is 11.5 Å². The summed E-state index contributed by atoms with van der Waals surface area (Å²) in [6.45, 7) is 0.453. The van der Waals surface area contributed by atoms with Crippen molar-refractivity contribution in [2.75, 3.05) is 25.7 Å². The summed E-state index contributed by atoms with van der Waals surface area (Å²) in [6, 6.07) is 9.38. The van der Waals surface area contributed by atoms with E-state index in [1.807, 2.05) is 0 Å². The molecule has 0 spiro atoms. The number of halogens is 2. The Morgan fingerprint density at radius 2 is 2.04 bits per heavy atom. The van der Waals surface area contributed by atoms with E-state index in [2.05, 4.69) is 5.32 Å². The third-order valence-electron chi connectivity index (χ3n) is 4.65. The molecule has 1 aliphatic rings. The molecule has 8 heteroatoms. The Morgan fingerprint density at radius 3 is 2.71 bits per heavy atom. The topological polar surface area (TPSA) is 67.9 Å². The number of nitrogens with one attached hydrogen (secondary N) is 1. The summed E-state index contributed by atoms with van der Waals surface area (Å²) in [6.07, 6.45) is 0.0794. The van der Waals surface area contributed by atoms with Crippen LogP contribution >= 0.6 is 11.6 Å². The van der Waals surface area contributed by atoms with Crippen LogP contribution in [0.4, 0.5) is 10.1 Å². The van der Waals surface area contributed by atoms with Crippen LogP contribution in [0.3, 0.4) is 0 Å². The predicted molar refractivity (Wildman–Crippen MR) is 103 cm³/mol. The summed E-state index contributed by atoms with van der Waals surface area (Å²) in [5, 5.41) is 2.77. The molecule has 1 atom stereocenters. The van der Waals surface area contributed by atoms with Crippen LogP contribution < -0.4 is 19.7 Å². The first kappa shape index (κ1) is 19.9. The van der Waals surface area contributed by atoms with Crippen LogP contribution in [-0.2, 0) is 16.1 Å². The second kappa shape index (κ2) is 8.48. The molecule has 1 N–H and O–H groups in total. The van der Waals surface area contributed by atoms with Crippen molar-refractivity contribution in [2.24, 2.45) is 5.92 Å². The lowest BCUT2D eigenvalue weighted by atomic mass is 10.1. The summed E-state index contributed by atoms with van der Waals surface area (Å²) in [7, 11) is 3.11. The number of benzene rings is 2. The average Bonchev–Trinajstić information content (AvgIpc) is 3.09. The Bertz CT molecular complexity index is 906. The molecule has 0 saturated carbocycles. The zero-order chi connectivity index (χ0) is 20.3. The first-order valence-corrected chi connectivity index (χ1v) is 9.04. The fourth-order valence-corrected chi connectivity index (χ4v) is 3.31. The van der Waals surface area contributed by atoms with Gasteiger partial charge in [-0.3, -0.25) is 9.59 Å². The van der Waals surface area contributed by atoms with E-state index in [1.165, 1.54) is 23.1 Å². The zero-order valence-electron chi connectivity index (χ0n) is 15.5. The van der Waals surface area contributed by atoms with E-state index in [4.69, 9.17) is 21.1 Å². The fourth-order valence-electron chi connectivity index (χ4n) is 3.13. The average molecular weight is 407 g/mol. The standard InChI is InChI=1S/C20H20ClFN2O4/c1-27-15-4-6-18(28-2)12(7-15)10-23-20(26)13-8-19(25)24(11-13)14-3-5-17(22)16(21)9-14/h3-7,9,13H,8,10-11H2,1-2H3,(H,23,26). The molecule has 6 nitrogen and oxygen atoms in total. The molecule has 1 fully saturated rings. The Hall–Kier alpha value is -2.80. The van der Waals surface area contributed by atoms with Gasteiger partial charge in [0.1, 0.15) is 17.3 Å². The number of nitrogens with zero attached hydrogens (tertiary/aromatic N) is 1. The number of hydrogen-bond acceptors (Lipinski definition) is 4. The number of methoxy groups -OCH3 is 2. The van der Waals surface area contributed by atoms with Crippen LogP contribution in [0.1, 0.15) is 12.0 Å². The highest BCUT2D eigenvalue weighted by atomic mass is 35.5. The summed E-state index contributed by atoms with van der Waals surface area (Å²) >= 11 is 5.80. The molecule has 0 aliphatic carbocycles. The summed E-state index contributed by atoms with van der Waals surface area (Å²) in [4.78, 5) is 26.3. The number of amides is 2. The Labute approximate surface area is 167 Å². The third-order valence-corrected chi connectivity index (χ3v) is 4.94. The van der Waals surface area contributed by atoms with E-state index in [9.17, 15) is 14.0 Å². The molecule has 3 rings (SSSR count). The Morgan fingerprint density at radius 1 is 1.25 bits per heavy atom. The van der Waals surface area contributed by atoms with Gasteiger partial charge in [0.25, 0.3) is 0 Å². The highest BCUT2D eigenvalue weighted by molar-refractivity contribution is 6.31. The molecule has 0 bridgehead atoms. The van der Waals surface area contributed by atoms with Crippen LogP contribution in [0.2, 0.25) is 5.02 Å². The minimum absolute atomic E-state index is 0.0664. The molecule has 2 aromatic carbocycles. The van der Waals surface area contributed by atoms with E-state index < -0.39 is 11.7 Å². The minimum atomic E-state index is -0.557. The van der Waals surface area contributed by atoms with Crippen molar-refractivity contribution in [1.82, 2.24) is 5.32 Å². The molecule has 1 unspecified atom stereocenters. The largest absolute Gasteiger partial charge is 0.497 e. The number of carbonyl (C=O) groups is 2. The van der Waals surface area contributed by atoms with Gasteiger partial charge in [0.15, 0.2) is 0 Å². The van der Waals surface area contributed by atoms with E-state index in [0.29, 0.717) is 17.2 Å². The first-order chi connectivity index (χ1) is 13.4. The van der Waals surface area contributed by atoms with Crippen molar-refractivity contribution in [1.29, 1.82) is 0 Å². The van der Waals surface area contributed by atoms with E-state index >= 15 is 0 Å².